The minimum atomic E-state index is -0.00382. The Bertz CT molecular complexity index is 1310. The summed E-state index contributed by atoms with van der Waals surface area (Å²) in [6.07, 6.45) is 1.80. The number of aryl methyl sites for hydroxylation is 2. The highest BCUT2D eigenvalue weighted by Crippen LogP contribution is 2.37. The molecule has 0 bridgehead atoms. The van der Waals surface area contributed by atoms with Gasteiger partial charge in [-0.3, -0.25) is 9.69 Å². The van der Waals surface area contributed by atoms with Gasteiger partial charge < -0.3 is 4.57 Å². The second kappa shape index (κ2) is 9.21. The molecule has 166 valence electrons. The number of amides is 1. The van der Waals surface area contributed by atoms with Gasteiger partial charge >= 0.3 is 0 Å². The fourth-order valence-electron chi connectivity index (χ4n) is 4.09. The number of aromatic nitrogens is 3. The molecule has 0 unspecified atom stereocenters. The van der Waals surface area contributed by atoms with Gasteiger partial charge in [-0.05, 0) is 54.3 Å². The number of benzene rings is 3. The first-order valence-corrected chi connectivity index (χ1v) is 12.2. The number of carbonyl (C=O) groups excluding carboxylic acids is 1. The van der Waals surface area contributed by atoms with Crippen molar-refractivity contribution in [1.82, 2.24) is 14.8 Å². The molecule has 1 amide bonds. The molecule has 0 aliphatic carbocycles. The lowest BCUT2D eigenvalue weighted by Crippen LogP contribution is -2.28. The molecule has 0 N–H and O–H groups in total. The summed E-state index contributed by atoms with van der Waals surface area (Å²) in [6, 6.07) is 21.5. The van der Waals surface area contributed by atoms with Gasteiger partial charge in [-0.2, -0.15) is 0 Å². The van der Waals surface area contributed by atoms with E-state index in [1.807, 2.05) is 59.0 Å². The molecule has 0 spiro atoms. The smallest absolute Gasteiger partial charge is 0.242 e. The van der Waals surface area contributed by atoms with E-state index in [1.54, 1.807) is 12.1 Å². The van der Waals surface area contributed by atoms with Gasteiger partial charge in [0.2, 0.25) is 5.91 Å². The largest absolute Gasteiger partial charge is 0.305 e. The Hall–Kier alpha value is -2.80. The monoisotopic (exact) mass is 494 g/mol. The highest BCUT2D eigenvalue weighted by Gasteiger charge is 2.26. The molecule has 0 radical (unpaired) electrons. The molecule has 33 heavy (non-hydrogen) atoms. The van der Waals surface area contributed by atoms with Crippen LogP contribution >= 0.6 is 35.0 Å². The highest BCUT2D eigenvalue weighted by atomic mass is 35.5. The second-order valence-corrected chi connectivity index (χ2v) is 9.55. The van der Waals surface area contributed by atoms with Crippen LogP contribution in [-0.2, 0) is 24.7 Å². The Morgan fingerprint density at radius 3 is 2.21 bits per heavy atom. The maximum atomic E-state index is 13.5. The molecule has 0 fully saturated rings. The second-order valence-electron chi connectivity index (χ2n) is 7.76. The quantitative estimate of drug-likeness (QED) is 0.310. The van der Waals surface area contributed by atoms with Gasteiger partial charge in [-0.15, -0.1) is 10.2 Å². The average molecular weight is 495 g/mol. The van der Waals surface area contributed by atoms with E-state index in [-0.39, 0.29) is 11.7 Å². The van der Waals surface area contributed by atoms with Gasteiger partial charge in [-0.1, -0.05) is 71.4 Å². The maximum absolute atomic E-state index is 13.5. The van der Waals surface area contributed by atoms with Gasteiger partial charge in [0.1, 0.15) is 0 Å². The lowest BCUT2D eigenvalue weighted by atomic mass is 10.0. The molecule has 0 saturated carbocycles. The zero-order valence-corrected chi connectivity index (χ0v) is 20.2. The summed E-state index contributed by atoms with van der Waals surface area (Å²) in [7, 11) is 1.86. The number of halogens is 2. The van der Waals surface area contributed by atoms with Crippen LogP contribution in [0, 0.1) is 0 Å². The number of para-hydroxylation sites is 2. The van der Waals surface area contributed by atoms with Crippen LogP contribution in [-0.4, -0.2) is 26.4 Å². The molecule has 1 aromatic heterocycles. The van der Waals surface area contributed by atoms with Crippen LogP contribution in [0.3, 0.4) is 0 Å². The molecule has 5 rings (SSSR count). The summed E-state index contributed by atoms with van der Waals surface area (Å²) in [6.45, 7) is 0. The summed E-state index contributed by atoms with van der Waals surface area (Å²) in [4.78, 5) is 15.4. The van der Waals surface area contributed by atoms with Crippen LogP contribution in [0.1, 0.15) is 11.1 Å². The van der Waals surface area contributed by atoms with E-state index < -0.39 is 0 Å². The topological polar surface area (TPSA) is 51.0 Å². The van der Waals surface area contributed by atoms with Crippen molar-refractivity contribution >= 4 is 52.2 Å². The van der Waals surface area contributed by atoms with Gasteiger partial charge in [0, 0.05) is 17.6 Å². The first kappa shape index (κ1) is 22.0. The number of thioether (sulfide) groups is 1. The average Bonchev–Trinajstić information content (AvgIpc) is 3.08. The van der Waals surface area contributed by atoms with E-state index in [9.17, 15) is 4.79 Å². The van der Waals surface area contributed by atoms with Crippen molar-refractivity contribution in [2.24, 2.45) is 7.05 Å². The predicted octanol–water partition coefficient (Wildman–Crippen LogP) is 6.34. The first-order chi connectivity index (χ1) is 16.0. The van der Waals surface area contributed by atoms with Gasteiger partial charge in [-0.25, -0.2) is 0 Å². The normalized spacial score (nSPS) is 12.8. The first-order valence-electron chi connectivity index (χ1n) is 10.5. The van der Waals surface area contributed by atoms with E-state index in [4.69, 9.17) is 23.2 Å². The number of hydrogen-bond donors (Lipinski definition) is 0. The van der Waals surface area contributed by atoms with E-state index >= 15 is 0 Å². The number of nitrogens with zero attached hydrogens (tertiary/aromatic N) is 4. The van der Waals surface area contributed by atoms with Crippen LogP contribution < -0.4 is 4.90 Å². The molecule has 2 heterocycles. The van der Waals surface area contributed by atoms with E-state index in [0.29, 0.717) is 21.0 Å². The van der Waals surface area contributed by atoms with Crippen LogP contribution in [0.25, 0.3) is 11.4 Å². The lowest BCUT2D eigenvalue weighted by Gasteiger charge is -2.24. The molecule has 1 aliphatic heterocycles. The van der Waals surface area contributed by atoms with E-state index in [1.165, 1.54) is 22.9 Å². The lowest BCUT2D eigenvalue weighted by molar-refractivity contribution is -0.115. The predicted molar refractivity (Wildman–Crippen MR) is 135 cm³/mol. The molecule has 3 aromatic carbocycles. The highest BCUT2D eigenvalue weighted by molar-refractivity contribution is 7.99. The number of anilines is 2. The maximum Gasteiger partial charge on any atom is 0.242 e. The van der Waals surface area contributed by atoms with Gasteiger partial charge in [0.25, 0.3) is 0 Å². The summed E-state index contributed by atoms with van der Waals surface area (Å²) in [5.41, 5.74) is 4.97. The summed E-state index contributed by atoms with van der Waals surface area (Å²) in [5, 5.41) is 10.3. The Kier molecular flexibility index (Phi) is 6.15. The van der Waals surface area contributed by atoms with Crippen molar-refractivity contribution in [3.8, 4) is 11.4 Å². The molecular weight excluding hydrogens is 475 g/mol. The SMILES string of the molecule is Cn1c(SCC(=O)N2c3ccccc3CCc3ccccc32)nnc1-c1ccc(Cl)cc1Cl. The number of rotatable bonds is 4. The van der Waals surface area contributed by atoms with Crippen LogP contribution in [0.15, 0.2) is 71.9 Å². The summed E-state index contributed by atoms with van der Waals surface area (Å²) < 4.78 is 1.84. The zero-order valence-electron chi connectivity index (χ0n) is 17.8. The third-order valence-corrected chi connectivity index (χ3v) is 7.26. The fourth-order valence-corrected chi connectivity index (χ4v) is 5.34. The summed E-state index contributed by atoms with van der Waals surface area (Å²) >= 11 is 13.7. The Morgan fingerprint density at radius 2 is 1.58 bits per heavy atom. The molecule has 5 nitrogen and oxygen atoms in total. The third-order valence-electron chi connectivity index (χ3n) is 5.71. The summed E-state index contributed by atoms with van der Waals surface area (Å²) in [5.74, 6) is 0.844. The van der Waals surface area contributed by atoms with Crippen LogP contribution in [0.2, 0.25) is 10.0 Å². The molecule has 8 heteroatoms. The number of hydrogen-bond acceptors (Lipinski definition) is 4. The Morgan fingerprint density at radius 1 is 0.939 bits per heavy atom. The van der Waals surface area contributed by atoms with Crippen molar-refractivity contribution in [3.05, 3.63) is 87.9 Å². The van der Waals surface area contributed by atoms with Crippen molar-refractivity contribution in [3.63, 3.8) is 0 Å². The number of fused-ring (bicyclic) bond motifs is 2. The standard InChI is InChI=1S/C25H20Cl2N4OS/c1-30-24(19-13-12-18(26)14-20(19)27)28-29-25(30)33-15-23(32)31-21-8-4-2-6-16(21)10-11-17-7-3-5-9-22(17)31/h2-9,12-14H,10-11,15H2,1H3. The molecule has 4 aromatic rings. The zero-order chi connectivity index (χ0) is 22.9. The third kappa shape index (κ3) is 4.26. The van der Waals surface area contributed by atoms with E-state index in [0.717, 1.165) is 29.8 Å². The molecular formula is C25H20Cl2N4OS. The Labute approximate surface area is 206 Å². The van der Waals surface area contributed by atoms with E-state index in [2.05, 4.69) is 22.3 Å². The van der Waals surface area contributed by atoms with Crippen molar-refractivity contribution in [2.75, 3.05) is 10.7 Å². The van der Waals surface area contributed by atoms with Crippen molar-refractivity contribution < 1.29 is 4.79 Å². The van der Waals surface area contributed by atoms with Crippen LogP contribution in [0.5, 0.6) is 0 Å². The molecule has 0 atom stereocenters. The van der Waals surface area contributed by atoms with Gasteiger partial charge in [0.05, 0.1) is 22.2 Å². The minimum Gasteiger partial charge on any atom is -0.305 e. The molecule has 0 saturated heterocycles. The van der Waals surface area contributed by atoms with Gasteiger partial charge in [0.15, 0.2) is 11.0 Å². The minimum absolute atomic E-state index is 0.00382. The Balaban J connectivity index is 1.42. The van der Waals surface area contributed by atoms with Crippen LogP contribution in [0.4, 0.5) is 11.4 Å². The fraction of sp³-hybridized carbons (Fsp3) is 0.160. The molecule has 1 aliphatic rings. The van der Waals surface area contributed by atoms with Crippen molar-refractivity contribution in [1.29, 1.82) is 0 Å². The number of carbonyl (C=O) groups is 1. The van der Waals surface area contributed by atoms with Crippen molar-refractivity contribution in [2.45, 2.75) is 18.0 Å².